The van der Waals surface area contributed by atoms with Crippen molar-refractivity contribution in [1.82, 2.24) is 5.32 Å². The van der Waals surface area contributed by atoms with Gasteiger partial charge in [-0.25, -0.2) is 0 Å². The summed E-state index contributed by atoms with van der Waals surface area (Å²) in [6.07, 6.45) is 1.15. The van der Waals surface area contributed by atoms with Crippen LogP contribution in [0.25, 0.3) is 0 Å². The minimum absolute atomic E-state index is 0.0398. The number of hydrogen-bond donors (Lipinski definition) is 2. The van der Waals surface area contributed by atoms with Crippen molar-refractivity contribution in [2.75, 3.05) is 18.4 Å². The van der Waals surface area contributed by atoms with Gasteiger partial charge in [-0.2, -0.15) is 0 Å². The summed E-state index contributed by atoms with van der Waals surface area (Å²) in [6, 6.07) is 24.6. The lowest BCUT2D eigenvalue weighted by Gasteiger charge is -2.15. The monoisotopic (exact) mass is 398 g/mol. The fraction of sp³-hybridized carbons (Fsp3) is 0.231. The summed E-state index contributed by atoms with van der Waals surface area (Å²) in [7, 11) is 0. The predicted octanol–water partition coefficient (Wildman–Crippen LogP) is 4.74. The smallest absolute Gasteiger partial charge is 0.231 e. The molecule has 2 atom stereocenters. The Balaban J connectivity index is 1.44. The zero-order chi connectivity index (χ0) is 20.9. The number of rotatable bonds is 6. The van der Waals surface area contributed by atoms with Gasteiger partial charge in [0.25, 0.3) is 0 Å². The van der Waals surface area contributed by atoms with E-state index in [0.717, 1.165) is 30.8 Å². The summed E-state index contributed by atoms with van der Waals surface area (Å²) >= 11 is 0. The molecule has 3 aromatic rings. The van der Waals surface area contributed by atoms with Crippen LogP contribution in [0.2, 0.25) is 0 Å². The predicted molar refractivity (Wildman–Crippen MR) is 120 cm³/mol. The van der Waals surface area contributed by atoms with Crippen molar-refractivity contribution in [3.63, 3.8) is 0 Å². The Morgan fingerprint density at radius 3 is 2.37 bits per heavy atom. The maximum absolute atomic E-state index is 12.8. The average molecular weight is 399 g/mol. The van der Waals surface area contributed by atoms with Crippen LogP contribution in [0.15, 0.2) is 78.9 Å². The number of ketones is 1. The van der Waals surface area contributed by atoms with Crippen LogP contribution in [0.5, 0.6) is 0 Å². The summed E-state index contributed by atoms with van der Waals surface area (Å²) in [4.78, 5) is 25.5. The van der Waals surface area contributed by atoms with Gasteiger partial charge in [-0.1, -0.05) is 60.7 Å². The van der Waals surface area contributed by atoms with E-state index in [1.165, 1.54) is 5.56 Å². The van der Waals surface area contributed by atoms with Crippen LogP contribution in [0, 0.1) is 0 Å². The molecule has 1 amide bonds. The van der Waals surface area contributed by atoms with Crippen molar-refractivity contribution in [1.29, 1.82) is 0 Å². The molecule has 1 aliphatic heterocycles. The van der Waals surface area contributed by atoms with Crippen LogP contribution in [0.3, 0.4) is 0 Å². The van der Waals surface area contributed by atoms with Crippen LogP contribution in [-0.4, -0.2) is 24.8 Å². The molecule has 0 saturated carbocycles. The van der Waals surface area contributed by atoms with Crippen LogP contribution in [0.1, 0.15) is 52.2 Å². The molecule has 1 unspecified atom stereocenters. The molecule has 0 spiro atoms. The van der Waals surface area contributed by atoms with Crippen molar-refractivity contribution >= 4 is 17.4 Å². The largest absolute Gasteiger partial charge is 0.326 e. The van der Waals surface area contributed by atoms with Gasteiger partial charge < -0.3 is 10.6 Å². The zero-order valence-electron chi connectivity index (χ0n) is 17.1. The summed E-state index contributed by atoms with van der Waals surface area (Å²) < 4.78 is 0. The van der Waals surface area contributed by atoms with Crippen LogP contribution in [-0.2, 0) is 4.79 Å². The average Bonchev–Trinajstić information content (AvgIpc) is 3.34. The lowest BCUT2D eigenvalue weighted by Crippen LogP contribution is -2.19. The number of carbonyl (C=O) groups is 2. The molecule has 0 radical (unpaired) electrons. The van der Waals surface area contributed by atoms with Crippen molar-refractivity contribution in [3.05, 3.63) is 101 Å². The number of nitrogens with one attached hydrogen (secondary N) is 2. The summed E-state index contributed by atoms with van der Waals surface area (Å²) in [5.74, 6) is 0.0578. The maximum Gasteiger partial charge on any atom is 0.231 e. The van der Waals surface area contributed by atoms with Gasteiger partial charge in [0.05, 0.1) is 5.92 Å². The number of amides is 1. The molecule has 0 bridgehead atoms. The van der Waals surface area contributed by atoms with E-state index in [1.54, 1.807) is 18.2 Å². The summed E-state index contributed by atoms with van der Waals surface area (Å²) in [5.41, 5.74) is 4.15. The van der Waals surface area contributed by atoms with Gasteiger partial charge in [0.1, 0.15) is 0 Å². The Hall–Kier alpha value is -3.24. The third-order valence-corrected chi connectivity index (χ3v) is 5.79. The van der Waals surface area contributed by atoms with E-state index >= 15 is 0 Å². The standard InChI is InChI=1S/C26H26N2O2/c1-18(21-8-5-9-22(16-21)25(29)20-6-3-2-4-7-20)26(30)28-24-12-10-19(11-13-24)23-14-15-27-17-23/h2-13,16,18,23,27H,14-15,17H2,1H3,(H,28,30)/t18-,23?/m0/s1. The highest BCUT2D eigenvalue weighted by molar-refractivity contribution is 6.09. The Morgan fingerprint density at radius 1 is 0.933 bits per heavy atom. The van der Waals surface area contributed by atoms with E-state index < -0.39 is 0 Å². The molecule has 30 heavy (non-hydrogen) atoms. The van der Waals surface area contributed by atoms with Gasteiger partial charge in [0, 0.05) is 23.4 Å². The third-order valence-electron chi connectivity index (χ3n) is 5.79. The first kappa shape index (κ1) is 20.0. The minimum atomic E-state index is -0.368. The van der Waals surface area contributed by atoms with Crippen LogP contribution in [0.4, 0.5) is 5.69 Å². The molecule has 1 heterocycles. The second-order valence-corrected chi connectivity index (χ2v) is 7.84. The number of carbonyl (C=O) groups excluding carboxylic acids is 2. The maximum atomic E-state index is 12.8. The molecule has 1 saturated heterocycles. The van der Waals surface area contributed by atoms with Gasteiger partial charge in [0.15, 0.2) is 5.78 Å². The molecular weight excluding hydrogens is 372 g/mol. The molecule has 4 heteroatoms. The molecule has 2 N–H and O–H groups in total. The summed E-state index contributed by atoms with van der Waals surface area (Å²) in [5, 5.41) is 6.38. The Kier molecular flexibility index (Phi) is 6.05. The molecule has 4 nitrogen and oxygen atoms in total. The van der Waals surface area contributed by atoms with E-state index in [2.05, 4.69) is 22.8 Å². The van der Waals surface area contributed by atoms with Gasteiger partial charge in [-0.3, -0.25) is 9.59 Å². The molecule has 152 valence electrons. The Bertz CT molecular complexity index is 1020. The van der Waals surface area contributed by atoms with E-state index in [-0.39, 0.29) is 17.6 Å². The number of benzene rings is 3. The van der Waals surface area contributed by atoms with E-state index in [0.29, 0.717) is 17.0 Å². The van der Waals surface area contributed by atoms with Gasteiger partial charge >= 0.3 is 0 Å². The summed E-state index contributed by atoms with van der Waals surface area (Å²) in [6.45, 7) is 3.94. The normalized spacial score (nSPS) is 16.8. The highest BCUT2D eigenvalue weighted by Crippen LogP contribution is 2.25. The Morgan fingerprint density at radius 2 is 1.67 bits per heavy atom. The highest BCUT2D eigenvalue weighted by atomic mass is 16.2. The second kappa shape index (κ2) is 9.06. The number of anilines is 1. The molecule has 1 fully saturated rings. The number of hydrogen-bond acceptors (Lipinski definition) is 3. The first-order valence-electron chi connectivity index (χ1n) is 10.4. The molecule has 1 aliphatic rings. The molecular formula is C26H26N2O2. The van der Waals surface area contributed by atoms with Gasteiger partial charge in [-0.15, -0.1) is 0 Å². The second-order valence-electron chi connectivity index (χ2n) is 7.84. The SMILES string of the molecule is C[C@H](C(=O)Nc1ccc(C2CCNC2)cc1)c1cccc(C(=O)c2ccccc2)c1. The van der Waals surface area contributed by atoms with Crippen molar-refractivity contribution < 1.29 is 9.59 Å². The fourth-order valence-corrected chi connectivity index (χ4v) is 3.89. The first-order valence-corrected chi connectivity index (χ1v) is 10.4. The molecule has 4 rings (SSSR count). The first-order chi connectivity index (χ1) is 14.6. The van der Waals surface area contributed by atoms with Crippen LogP contribution < -0.4 is 10.6 Å². The third kappa shape index (κ3) is 4.50. The lowest BCUT2D eigenvalue weighted by atomic mass is 9.95. The van der Waals surface area contributed by atoms with Crippen molar-refractivity contribution in [3.8, 4) is 0 Å². The van der Waals surface area contributed by atoms with Gasteiger partial charge in [-0.05, 0) is 55.1 Å². The van der Waals surface area contributed by atoms with Crippen LogP contribution >= 0.6 is 0 Å². The van der Waals surface area contributed by atoms with E-state index in [1.807, 2.05) is 55.5 Å². The topological polar surface area (TPSA) is 58.2 Å². The lowest BCUT2D eigenvalue weighted by molar-refractivity contribution is -0.117. The Labute approximate surface area is 177 Å². The molecule has 3 aromatic carbocycles. The molecule has 0 aliphatic carbocycles. The van der Waals surface area contributed by atoms with E-state index in [4.69, 9.17) is 0 Å². The highest BCUT2D eigenvalue weighted by Gasteiger charge is 2.19. The van der Waals surface area contributed by atoms with Crippen molar-refractivity contribution in [2.45, 2.75) is 25.2 Å². The van der Waals surface area contributed by atoms with Crippen molar-refractivity contribution in [2.24, 2.45) is 0 Å². The van der Waals surface area contributed by atoms with Gasteiger partial charge in [0.2, 0.25) is 5.91 Å². The zero-order valence-corrected chi connectivity index (χ0v) is 17.1. The fourth-order valence-electron chi connectivity index (χ4n) is 3.89. The quantitative estimate of drug-likeness (QED) is 0.590. The van der Waals surface area contributed by atoms with E-state index in [9.17, 15) is 9.59 Å². The molecule has 0 aromatic heterocycles. The minimum Gasteiger partial charge on any atom is -0.326 e.